The number of furan rings is 1. The molecule has 0 bridgehead atoms. The first-order valence-electron chi connectivity index (χ1n) is 25.0. The van der Waals surface area contributed by atoms with Gasteiger partial charge in [0.25, 0.3) is 0 Å². The molecule has 1 heterocycles. The molecule has 0 saturated carbocycles. The molecular weight excluding hydrogens is 653 g/mol. The van der Waals surface area contributed by atoms with Crippen molar-refractivity contribution in [3.8, 4) is 33.4 Å². The van der Waals surface area contributed by atoms with Crippen molar-refractivity contribution >= 4 is 65.0 Å². The Balaban J connectivity index is 1.25. The molecule has 1 nitrogen and oxygen atoms in total. The summed E-state index contributed by atoms with van der Waals surface area (Å²) in [6.45, 7) is 0. The molecule has 54 heavy (non-hydrogen) atoms. The summed E-state index contributed by atoms with van der Waals surface area (Å²) >= 11 is 0. The Morgan fingerprint density at radius 3 is 1.94 bits per heavy atom. The number of benzene rings is 10. The highest BCUT2D eigenvalue weighted by Crippen LogP contribution is 2.45. The lowest BCUT2D eigenvalue weighted by atomic mass is 9.84. The van der Waals surface area contributed by atoms with E-state index in [1.807, 2.05) is 97.1 Å². The molecule has 0 unspecified atom stereocenters. The first kappa shape index (κ1) is 19.2. The maximum atomic E-state index is 9.58. The minimum atomic E-state index is -0.655. The number of rotatable bonds is 5. The van der Waals surface area contributed by atoms with Gasteiger partial charge in [-0.15, -0.1) is 0 Å². The van der Waals surface area contributed by atoms with Crippen LogP contribution in [0.5, 0.6) is 0 Å². The second kappa shape index (κ2) is 12.3. The van der Waals surface area contributed by atoms with Gasteiger partial charge in [-0.25, -0.2) is 0 Å². The lowest BCUT2D eigenvalue weighted by Crippen LogP contribution is -1.96. The van der Waals surface area contributed by atoms with E-state index in [0.717, 1.165) is 38.4 Å². The van der Waals surface area contributed by atoms with E-state index >= 15 is 0 Å². The molecule has 252 valence electrons. The van der Waals surface area contributed by atoms with Crippen molar-refractivity contribution in [1.82, 2.24) is 0 Å². The Labute approximate surface area is 334 Å². The summed E-state index contributed by atoms with van der Waals surface area (Å²) in [5.41, 5.74) is 4.96. The summed E-state index contributed by atoms with van der Waals surface area (Å²) in [5.74, 6) is 0. The van der Waals surface area contributed by atoms with Gasteiger partial charge in [0, 0.05) is 16.3 Å². The fourth-order valence-corrected chi connectivity index (χ4v) is 7.74. The van der Waals surface area contributed by atoms with Crippen LogP contribution in [0.3, 0.4) is 0 Å². The molecule has 0 atom stereocenters. The van der Waals surface area contributed by atoms with Gasteiger partial charge in [-0.3, -0.25) is 0 Å². The zero-order valence-corrected chi connectivity index (χ0v) is 28.4. The Morgan fingerprint density at radius 2 is 1.13 bits per heavy atom. The molecule has 0 radical (unpaired) electrons. The van der Waals surface area contributed by atoms with Gasteiger partial charge < -0.3 is 4.42 Å². The third-order valence-electron chi connectivity index (χ3n) is 10.2. The maximum absolute atomic E-state index is 9.58. The van der Waals surface area contributed by atoms with Crippen molar-refractivity contribution in [2.75, 3.05) is 0 Å². The second-order valence-corrected chi connectivity index (χ2v) is 13.2. The molecule has 1 heteroatoms. The van der Waals surface area contributed by atoms with Gasteiger partial charge in [0.1, 0.15) is 11.2 Å². The molecule has 0 spiro atoms. The standard InChI is InChI=1S/C53H34O/c1-2-14-36(15-3-1)42-23-12-24-47-49-32-38(27-28-51(49)54-53(42)47)40-31-39-17-6-7-18-41(39)50(33-40)52-45-21-10-8-19-43(45)48(44-20-9-11-22-46(44)52)30-34-25-26-35-13-4-5-16-37(35)29-34/h1-29,31-33H,30H2/i4D,5D,8D,9D,10D,11D,13D,16D,19D,20D,21D,22D,25D,26D,29D. The quantitative estimate of drug-likeness (QED) is 0.163. The lowest BCUT2D eigenvalue weighted by molar-refractivity contribution is 0.670. The molecule has 11 rings (SSSR count). The molecule has 0 aliphatic heterocycles. The minimum absolute atomic E-state index is 0.0723. The Kier molecular flexibility index (Phi) is 4.39. The van der Waals surface area contributed by atoms with Crippen LogP contribution < -0.4 is 0 Å². The monoisotopic (exact) mass is 701 g/mol. The van der Waals surface area contributed by atoms with E-state index in [-0.39, 0.29) is 49.0 Å². The predicted octanol–water partition coefficient (Wildman–Crippen LogP) is 14.8. The lowest BCUT2D eigenvalue weighted by Gasteiger charge is -2.19. The highest BCUT2D eigenvalue weighted by molar-refractivity contribution is 6.19. The van der Waals surface area contributed by atoms with Crippen LogP contribution in [0.15, 0.2) is 198 Å². The fourth-order valence-electron chi connectivity index (χ4n) is 7.74. The first-order valence-corrected chi connectivity index (χ1v) is 17.5. The highest BCUT2D eigenvalue weighted by atomic mass is 16.3. The maximum Gasteiger partial charge on any atom is 0.143 e. The Morgan fingerprint density at radius 1 is 0.426 bits per heavy atom. The van der Waals surface area contributed by atoms with E-state index in [4.69, 9.17) is 18.1 Å². The number of hydrogen-bond acceptors (Lipinski definition) is 1. The summed E-state index contributed by atoms with van der Waals surface area (Å²) in [6.07, 6.45) is -0.578. The number of para-hydroxylation sites is 1. The van der Waals surface area contributed by atoms with Gasteiger partial charge in [-0.05, 0) is 113 Å². The van der Waals surface area contributed by atoms with Crippen LogP contribution in [0.25, 0.3) is 98.4 Å². The van der Waals surface area contributed by atoms with Crippen LogP contribution >= 0.6 is 0 Å². The van der Waals surface area contributed by atoms with Gasteiger partial charge in [0.15, 0.2) is 0 Å². The van der Waals surface area contributed by atoms with Crippen molar-refractivity contribution in [2.24, 2.45) is 0 Å². The topological polar surface area (TPSA) is 13.1 Å². The van der Waals surface area contributed by atoms with E-state index in [1.54, 1.807) is 6.07 Å². The van der Waals surface area contributed by atoms with Gasteiger partial charge in [-0.2, -0.15) is 0 Å². The molecule has 0 aliphatic carbocycles. The van der Waals surface area contributed by atoms with Crippen LogP contribution in [0.1, 0.15) is 31.7 Å². The zero-order valence-electron chi connectivity index (χ0n) is 43.4. The summed E-state index contributed by atoms with van der Waals surface area (Å²) in [6, 6.07) is 24.2. The summed E-state index contributed by atoms with van der Waals surface area (Å²) in [5, 5.41) is 1.99. The third kappa shape index (κ3) is 4.94. The third-order valence-corrected chi connectivity index (χ3v) is 10.2. The van der Waals surface area contributed by atoms with Crippen LogP contribution in [0.2, 0.25) is 0 Å². The predicted molar refractivity (Wildman–Crippen MR) is 229 cm³/mol. The summed E-state index contributed by atoms with van der Waals surface area (Å²) < 4.78 is 142. The van der Waals surface area contributed by atoms with E-state index in [2.05, 4.69) is 0 Å². The average Bonchev–Trinajstić information content (AvgIpc) is 3.74. The molecular formula is C53H34O. The molecule has 0 aliphatic rings. The van der Waals surface area contributed by atoms with Gasteiger partial charge in [0.2, 0.25) is 0 Å². The molecule has 0 saturated heterocycles. The molecule has 0 fully saturated rings. The molecule has 0 N–H and O–H groups in total. The van der Waals surface area contributed by atoms with E-state index in [9.17, 15) is 6.85 Å². The van der Waals surface area contributed by atoms with Crippen molar-refractivity contribution in [3.05, 3.63) is 205 Å². The number of hydrogen-bond donors (Lipinski definition) is 0. The number of fused-ring (bicyclic) bond motifs is 7. The smallest absolute Gasteiger partial charge is 0.143 e. The molecule has 1 aromatic heterocycles. The Bertz CT molecular complexity index is 4030. The summed E-state index contributed by atoms with van der Waals surface area (Å²) in [7, 11) is 0. The van der Waals surface area contributed by atoms with E-state index < -0.39 is 97.1 Å². The van der Waals surface area contributed by atoms with Crippen molar-refractivity contribution < 1.29 is 25.0 Å². The van der Waals surface area contributed by atoms with Gasteiger partial charge >= 0.3 is 0 Å². The fraction of sp³-hybridized carbons (Fsp3) is 0.0189. The molecule has 11 aromatic rings. The van der Waals surface area contributed by atoms with Crippen molar-refractivity contribution in [1.29, 1.82) is 0 Å². The zero-order chi connectivity index (χ0) is 48.6. The van der Waals surface area contributed by atoms with E-state index in [0.29, 0.717) is 22.1 Å². The van der Waals surface area contributed by atoms with Gasteiger partial charge in [-0.1, -0.05) is 169 Å². The van der Waals surface area contributed by atoms with Crippen molar-refractivity contribution in [2.45, 2.75) is 6.42 Å². The normalized spacial score (nSPS) is 15.7. The SMILES string of the molecule is [2H]c1c([2H])c([2H])c2c([2H])c(Cc3c4c([2H])c([2H])c([2H])c([2H])c4c(-c4cc(-c5ccc6oc7c(-c8ccccc8)cccc7c6c5)cc5ccccc45)c4c([2H])c([2H])c([2H])c([2H])c34)c([2H])c([2H])c2c1[2H]. The van der Waals surface area contributed by atoms with Crippen LogP contribution in [0, 0.1) is 0 Å². The van der Waals surface area contributed by atoms with Crippen LogP contribution in [-0.2, 0) is 6.42 Å². The van der Waals surface area contributed by atoms with Crippen LogP contribution in [0.4, 0.5) is 0 Å². The molecule has 0 amide bonds. The van der Waals surface area contributed by atoms with E-state index in [1.165, 1.54) is 0 Å². The molecule has 10 aromatic carbocycles. The average molecular weight is 702 g/mol. The van der Waals surface area contributed by atoms with Gasteiger partial charge in [0.05, 0.1) is 20.6 Å². The van der Waals surface area contributed by atoms with Crippen molar-refractivity contribution in [3.63, 3.8) is 0 Å². The first-order chi connectivity index (χ1) is 33.0. The largest absolute Gasteiger partial charge is 0.455 e. The summed E-state index contributed by atoms with van der Waals surface area (Å²) in [4.78, 5) is 0. The highest BCUT2D eigenvalue weighted by Gasteiger charge is 2.19. The van der Waals surface area contributed by atoms with Crippen LogP contribution in [-0.4, -0.2) is 0 Å². The Hall–Kier alpha value is -6.96. The minimum Gasteiger partial charge on any atom is -0.455 e. The second-order valence-electron chi connectivity index (χ2n) is 13.2.